The van der Waals surface area contributed by atoms with Crippen LogP contribution in [0.15, 0.2) is 59.5 Å². The maximum atomic E-state index is 12.3. The van der Waals surface area contributed by atoms with Crippen LogP contribution in [-0.4, -0.2) is 30.6 Å². The minimum Gasteiger partial charge on any atom is -0.480 e. The quantitative estimate of drug-likeness (QED) is 0.576. The lowest BCUT2D eigenvalue weighted by molar-refractivity contribution is -0.141. The zero-order chi connectivity index (χ0) is 17.0. The molecule has 8 heteroatoms. The van der Waals surface area contributed by atoms with E-state index in [0.717, 1.165) is 0 Å². The Bertz CT molecular complexity index is 793. The SMILES string of the molecule is Nc1cccc(S(=O)(=O)N[C@@H](C(=O)O)[C@H](O)c2ccccc2)c1. The summed E-state index contributed by atoms with van der Waals surface area (Å²) in [6.45, 7) is 0. The number of anilines is 1. The van der Waals surface area contributed by atoms with Crippen molar-refractivity contribution < 1.29 is 23.4 Å². The monoisotopic (exact) mass is 336 g/mol. The minimum atomic E-state index is -4.15. The van der Waals surface area contributed by atoms with E-state index in [9.17, 15) is 23.4 Å². The van der Waals surface area contributed by atoms with Gasteiger partial charge in [-0.1, -0.05) is 36.4 Å². The molecule has 0 aliphatic rings. The molecule has 0 radical (unpaired) electrons. The number of nitrogens with two attached hydrogens (primary N) is 1. The maximum Gasteiger partial charge on any atom is 0.324 e. The second-order valence-corrected chi connectivity index (χ2v) is 6.58. The number of nitrogen functional groups attached to an aromatic ring is 1. The van der Waals surface area contributed by atoms with Gasteiger partial charge in [0.1, 0.15) is 12.1 Å². The van der Waals surface area contributed by atoms with Gasteiger partial charge in [-0.3, -0.25) is 4.79 Å². The molecule has 0 aliphatic heterocycles. The highest BCUT2D eigenvalue weighted by molar-refractivity contribution is 7.89. The third-order valence-electron chi connectivity index (χ3n) is 3.17. The van der Waals surface area contributed by atoms with Gasteiger partial charge in [-0.2, -0.15) is 4.72 Å². The standard InChI is InChI=1S/C15H16N2O5S/c16-11-7-4-8-12(9-11)23(21,22)17-13(15(19)20)14(18)10-5-2-1-3-6-10/h1-9,13-14,17-18H,16H2,(H,19,20)/t13-,14-/m1/s1. The van der Waals surface area contributed by atoms with Gasteiger partial charge in [0.2, 0.25) is 10.0 Å². The summed E-state index contributed by atoms with van der Waals surface area (Å²) in [5, 5.41) is 19.4. The zero-order valence-corrected chi connectivity index (χ0v) is 12.8. The Morgan fingerprint density at radius 1 is 1.09 bits per heavy atom. The van der Waals surface area contributed by atoms with Gasteiger partial charge in [-0.25, -0.2) is 8.42 Å². The number of nitrogens with one attached hydrogen (secondary N) is 1. The van der Waals surface area contributed by atoms with Gasteiger partial charge in [-0.15, -0.1) is 0 Å². The van der Waals surface area contributed by atoms with E-state index in [1.165, 1.54) is 36.4 Å². The normalized spacial score (nSPS) is 14.1. The first-order valence-electron chi connectivity index (χ1n) is 6.65. The highest BCUT2D eigenvalue weighted by Gasteiger charge is 2.32. The fourth-order valence-electron chi connectivity index (χ4n) is 2.01. The lowest BCUT2D eigenvalue weighted by Gasteiger charge is -2.20. The van der Waals surface area contributed by atoms with Crippen LogP contribution in [0.5, 0.6) is 0 Å². The van der Waals surface area contributed by atoms with Crippen molar-refractivity contribution in [3.63, 3.8) is 0 Å². The highest BCUT2D eigenvalue weighted by Crippen LogP contribution is 2.20. The fourth-order valence-corrected chi connectivity index (χ4v) is 3.26. The Balaban J connectivity index is 2.31. The van der Waals surface area contributed by atoms with Crippen LogP contribution in [0.2, 0.25) is 0 Å². The van der Waals surface area contributed by atoms with Crippen LogP contribution in [0.3, 0.4) is 0 Å². The first kappa shape index (κ1) is 16.9. The van der Waals surface area contributed by atoms with Crippen LogP contribution in [0.4, 0.5) is 5.69 Å². The number of aliphatic hydroxyl groups excluding tert-OH is 1. The molecule has 122 valence electrons. The molecule has 7 nitrogen and oxygen atoms in total. The highest BCUT2D eigenvalue weighted by atomic mass is 32.2. The smallest absolute Gasteiger partial charge is 0.324 e. The van der Waals surface area contributed by atoms with Crippen LogP contribution in [0.25, 0.3) is 0 Å². The van der Waals surface area contributed by atoms with Crippen LogP contribution >= 0.6 is 0 Å². The molecular weight excluding hydrogens is 320 g/mol. The zero-order valence-electron chi connectivity index (χ0n) is 12.0. The minimum absolute atomic E-state index is 0.177. The predicted octanol–water partition coefficient (Wildman–Crippen LogP) is 0.734. The van der Waals surface area contributed by atoms with Crippen LogP contribution < -0.4 is 10.5 Å². The summed E-state index contributed by atoms with van der Waals surface area (Å²) in [4.78, 5) is 11.2. The lowest BCUT2D eigenvalue weighted by Crippen LogP contribution is -2.44. The number of hydrogen-bond acceptors (Lipinski definition) is 5. The van der Waals surface area contributed by atoms with Crippen LogP contribution in [0.1, 0.15) is 11.7 Å². The number of hydrogen-bond donors (Lipinski definition) is 4. The molecule has 0 amide bonds. The molecule has 0 aliphatic carbocycles. The van der Waals surface area contributed by atoms with E-state index >= 15 is 0 Å². The number of carbonyl (C=O) groups is 1. The second kappa shape index (κ2) is 6.78. The van der Waals surface area contributed by atoms with Gasteiger partial charge in [0, 0.05) is 5.69 Å². The van der Waals surface area contributed by atoms with Gasteiger partial charge >= 0.3 is 5.97 Å². The fraction of sp³-hybridized carbons (Fsp3) is 0.133. The summed E-state index contributed by atoms with van der Waals surface area (Å²) < 4.78 is 26.6. The van der Waals surface area contributed by atoms with Gasteiger partial charge in [0.05, 0.1) is 4.90 Å². The van der Waals surface area contributed by atoms with E-state index in [-0.39, 0.29) is 16.1 Å². The first-order valence-corrected chi connectivity index (χ1v) is 8.13. The van der Waals surface area contributed by atoms with E-state index in [1.807, 2.05) is 4.72 Å². The van der Waals surface area contributed by atoms with E-state index in [1.54, 1.807) is 18.2 Å². The Labute approximate surface area is 133 Å². The Morgan fingerprint density at radius 3 is 2.30 bits per heavy atom. The summed E-state index contributed by atoms with van der Waals surface area (Å²) in [7, 11) is -4.15. The molecule has 0 unspecified atom stereocenters. The van der Waals surface area contributed by atoms with Crippen molar-refractivity contribution >= 4 is 21.7 Å². The number of benzene rings is 2. The topological polar surface area (TPSA) is 130 Å². The molecule has 0 aromatic heterocycles. The van der Waals surface area contributed by atoms with Crippen molar-refractivity contribution in [1.29, 1.82) is 0 Å². The molecule has 0 spiro atoms. The van der Waals surface area contributed by atoms with Crippen molar-refractivity contribution in [2.24, 2.45) is 0 Å². The van der Waals surface area contributed by atoms with Crippen molar-refractivity contribution in [2.45, 2.75) is 17.0 Å². The average molecular weight is 336 g/mol. The van der Waals surface area contributed by atoms with E-state index in [2.05, 4.69) is 0 Å². The van der Waals surface area contributed by atoms with Gasteiger partial charge < -0.3 is 15.9 Å². The molecule has 2 aromatic rings. The third kappa shape index (κ3) is 4.07. The van der Waals surface area contributed by atoms with Crippen LogP contribution in [-0.2, 0) is 14.8 Å². The Morgan fingerprint density at radius 2 is 1.74 bits per heavy atom. The second-order valence-electron chi connectivity index (χ2n) is 4.87. The predicted molar refractivity (Wildman–Crippen MR) is 84.0 cm³/mol. The number of aliphatic hydroxyl groups is 1. The number of aliphatic carboxylic acids is 1. The molecule has 2 atom stereocenters. The van der Waals surface area contributed by atoms with Crippen molar-refractivity contribution in [2.75, 3.05) is 5.73 Å². The molecule has 2 rings (SSSR count). The Hall–Kier alpha value is -2.42. The van der Waals surface area contributed by atoms with E-state index in [0.29, 0.717) is 0 Å². The van der Waals surface area contributed by atoms with Gasteiger partial charge in [0.15, 0.2) is 0 Å². The maximum absolute atomic E-state index is 12.3. The molecule has 5 N–H and O–H groups in total. The molecule has 0 bridgehead atoms. The third-order valence-corrected chi connectivity index (χ3v) is 4.61. The summed E-state index contributed by atoms with van der Waals surface area (Å²) >= 11 is 0. The summed E-state index contributed by atoms with van der Waals surface area (Å²) in [5.74, 6) is -1.49. The van der Waals surface area contributed by atoms with Crippen molar-refractivity contribution in [3.05, 3.63) is 60.2 Å². The number of carboxylic acids is 1. The molecule has 2 aromatic carbocycles. The van der Waals surface area contributed by atoms with Gasteiger partial charge in [0.25, 0.3) is 0 Å². The molecule has 0 fully saturated rings. The number of sulfonamides is 1. The van der Waals surface area contributed by atoms with E-state index in [4.69, 9.17) is 5.73 Å². The molecule has 0 heterocycles. The number of carboxylic acid groups (broad SMARTS) is 1. The van der Waals surface area contributed by atoms with Gasteiger partial charge in [-0.05, 0) is 23.8 Å². The largest absolute Gasteiger partial charge is 0.480 e. The van der Waals surface area contributed by atoms with E-state index < -0.39 is 28.1 Å². The molecular formula is C15H16N2O5S. The summed E-state index contributed by atoms with van der Waals surface area (Å²) in [6, 6.07) is 11.6. The molecule has 23 heavy (non-hydrogen) atoms. The van der Waals surface area contributed by atoms with Crippen LogP contribution in [0, 0.1) is 0 Å². The Kier molecular flexibility index (Phi) is 4.99. The van der Waals surface area contributed by atoms with Crippen molar-refractivity contribution in [1.82, 2.24) is 4.72 Å². The van der Waals surface area contributed by atoms with Crippen molar-refractivity contribution in [3.8, 4) is 0 Å². The summed E-state index contributed by atoms with van der Waals surface area (Å²) in [5.41, 5.74) is 6.05. The lowest BCUT2D eigenvalue weighted by atomic mass is 10.0. The molecule has 0 saturated heterocycles. The number of rotatable bonds is 6. The summed E-state index contributed by atoms with van der Waals surface area (Å²) in [6.07, 6.45) is -1.54. The average Bonchev–Trinajstić information content (AvgIpc) is 2.52. The first-order chi connectivity index (χ1) is 10.8. The molecule has 0 saturated carbocycles.